The van der Waals surface area contributed by atoms with Crippen molar-refractivity contribution in [3.8, 4) is 6.07 Å². The average Bonchev–Trinajstić information content (AvgIpc) is 2.83. The molecule has 9 heteroatoms. The van der Waals surface area contributed by atoms with Crippen molar-refractivity contribution >= 4 is 40.9 Å². The molecule has 0 saturated carbocycles. The van der Waals surface area contributed by atoms with E-state index in [1.807, 2.05) is 31.2 Å². The van der Waals surface area contributed by atoms with Crippen LogP contribution in [0.2, 0.25) is 5.02 Å². The van der Waals surface area contributed by atoms with Gasteiger partial charge in [-0.3, -0.25) is 4.79 Å². The molecule has 1 amide bonds. The van der Waals surface area contributed by atoms with Gasteiger partial charge in [-0.1, -0.05) is 47.6 Å². The van der Waals surface area contributed by atoms with Gasteiger partial charge in [0.25, 0.3) is 0 Å². The zero-order valence-electron chi connectivity index (χ0n) is 19.7. The Balaban J connectivity index is 1.87. The number of thioether (sulfide) groups is 1. The van der Waals surface area contributed by atoms with E-state index in [9.17, 15) is 14.9 Å². The third kappa shape index (κ3) is 6.89. The maximum absolute atomic E-state index is 13.0. The molecule has 2 N–H and O–H groups in total. The number of rotatable bonds is 9. The van der Waals surface area contributed by atoms with Gasteiger partial charge in [0.05, 0.1) is 40.5 Å². The van der Waals surface area contributed by atoms with E-state index in [1.165, 1.54) is 18.9 Å². The molecule has 1 unspecified atom stereocenters. The Hall–Kier alpha value is -3.25. The normalized spacial score (nSPS) is 15.3. The third-order valence-corrected chi connectivity index (χ3v) is 6.51. The molecule has 0 aromatic heterocycles. The number of nitrogens with zero attached hydrogens (tertiary/aromatic N) is 1. The van der Waals surface area contributed by atoms with Gasteiger partial charge < -0.3 is 20.1 Å². The van der Waals surface area contributed by atoms with Crippen LogP contribution in [0.4, 0.5) is 5.69 Å². The monoisotopic (exact) mass is 511 g/mol. The average molecular weight is 512 g/mol. The first-order valence-electron chi connectivity index (χ1n) is 10.9. The molecule has 1 aliphatic heterocycles. The number of carbonyl (C=O) groups is 2. The van der Waals surface area contributed by atoms with E-state index < -0.39 is 11.9 Å². The van der Waals surface area contributed by atoms with Gasteiger partial charge in [0.2, 0.25) is 5.91 Å². The lowest BCUT2D eigenvalue weighted by Gasteiger charge is -2.29. The van der Waals surface area contributed by atoms with Gasteiger partial charge in [-0.15, -0.1) is 0 Å². The molecule has 2 aromatic carbocycles. The molecular formula is C26H26ClN3O4S. The van der Waals surface area contributed by atoms with Gasteiger partial charge >= 0.3 is 5.97 Å². The topological polar surface area (TPSA) is 100 Å². The highest BCUT2D eigenvalue weighted by atomic mass is 35.5. The number of ether oxygens (including phenoxy) is 2. The van der Waals surface area contributed by atoms with Crippen LogP contribution in [-0.4, -0.2) is 38.0 Å². The number of aryl methyl sites for hydroxylation is 1. The molecule has 182 valence electrons. The van der Waals surface area contributed by atoms with E-state index in [-0.39, 0.29) is 24.9 Å². The highest BCUT2D eigenvalue weighted by Crippen LogP contribution is 2.41. The summed E-state index contributed by atoms with van der Waals surface area (Å²) in [5.41, 5.74) is 3.66. The number of methoxy groups -OCH3 is 1. The highest BCUT2D eigenvalue weighted by molar-refractivity contribution is 8.03. The number of halogens is 1. The van der Waals surface area contributed by atoms with Crippen LogP contribution in [-0.2, 0) is 19.1 Å². The molecule has 1 heterocycles. The lowest BCUT2D eigenvalue weighted by Crippen LogP contribution is -2.29. The van der Waals surface area contributed by atoms with Gasteiger partial charge in [0.1, 0.15) is 6.61 Å². The standard InChI is InChI=1S/C26H26ClN3O4S/c1-16-5-4-6-20(13-16)30-22(31)15-35-25-21(14-28)24(18-7-9-19(27)10-8-18)23(17(2)29-25)26(32)34-12-11-33-3/h4-10,13,24,29H,11-12,15H2,1-3H3,(H,30,31). The molecule has 1 atom stereocenters. The Bertz CT molecular complexity index is 1200. The van der Waals surface area contributed by atoms with Crippen LogP contribution in [0.15, 0.2) is 70.4 Å². The molecular weight excluding hydrogens is 486 g/mol. The molecule has 0 spiro atoms. The predicted octanol–water partition coefficient (Wildman–Crippen LogP) is 4.91. The first-order valence-corrected chi connectivity index (χ1v) is 12.2. The zero-order chi connectivity index (χ0) is 25.4. The van der Waals surface area contributed by atoms with E-state index in [4.69, 9.17) is 21.1 Å². The Morgan fingerprint density at radius 2 is 1.91 bits per heavy atom. The quantitative estimate of drug-likeness (QED) is 0.364. The summed E-state index contributed by atoms with van der Waals surface area (Å²) in [5, 5.41) is 17.2. The van der Waals surface area contributed by atoms with Crippen LogP contribution in [0, 0.1) is 18.3 Å². The molecule has 0 aliphatic carbocycles. The van der Waals surface area contributed by atoms with E-state index in [0.29, 0.717) is 38.1 Å². The summed E-state index contributed by atoms with van der Waals surface area (Å²) in [6, 6.07) is 16.7. The van der Waals surface area contributed by atoms with Gasteiger partial charge in [-0.25, -0.2) is 4.79 Å². The molecule has 3 rings (SSSR count). The lowest BCUT2D eigenvalue weighted by molar-refractivity contribution is -0.140. The van der Waals surface area contributed by atoms with Crippen LogP contribution in [0.25, 0.3) is 0 Å². The maximum atomic E-state index is 13.0. The van der Waals surface area contributed by atoms with E-state index in [0.717, 1.165) is 5.56 Å². The third-order valence-electron chi connectivity index (χ3n) is 5.24. The van der Waals surface area contributed by atoms with E-state index >= 15 is 0 Å². The SMILES string of the molecule is COCCOC(=O)C1=C(C)NC(SCC(=O)Nc2cccc(C)c2)=C(C#N)C1c1ccc(Cl)cc1. The predicted molar refractivity (Wildman–Crippen MR) is 138 cm³/mol. The molecule has 7 nitrogen and oxygen atoms in total. The molecule has 0 saturated heterocycles. The van der Waals surface area contributed by atoms with Crippen molar-refractivity contribution in [3.05, 3.63) is 86.6 Å². The fourth-order valence-corrected chi connectivity index (χ4v) is 4.66. The van der Waals surface area contributed by atoms with Crippen molar-refractivity contribution in [2.24, 2.45) is 0 Å². The maximum Gasteiger partial charge on any atom is 0.336 e. The smallest absolute Gasteiger partial charge is 0.336 e. The Morgan fingerprint density at radius 3 is 2.57 bits per heavy atom. The summed E-state index contributed by atoms with van der Waals surface area (Å²) >= 11 is 7.27. The second-order valence-corrected chi connectivity index (χ2v) is 9.26. The Morgan fingerprint density at radius 1 is 1.17 bits per heavy atom. The van der Waals surface area contributed by atoms with Crippen molar-refractivity contribution in [2.75, 3.05) is 31.4 Å². The number of nitrogens with one attached hydrogen (secondary N) is 2. The summed E-state index contributed by atoms with van der Waals surface area (Å²) in [5.74, 6) is -1.34. The fraction of sp³-hybridized carbons (Fsp3) is 0.269. The van der Waals surface area contributed by atoms with Crippen LogP contribution < -0.4 is 10.6 Å². The summed E-state index contributed by atoms with van der Waals surface area (Å²) in [7, 11) is 1.52. The Kier molecular flexibility index (Phi) is 9.38. The number of hydrogen-bond acceptors (Lipinski definition) is 7. The van der Waals surface area contributed by atoms with Crippen LogP contribution >= 0.6 is 23.4 Å². The van der Waals surface area contributed by atoms with Crippen LogP contribution in [0.1, 0.15) is 24.0 Å². The molecule has 2 aromatic rings. The highest BCUT2D eigenvalue weighted by Gasteiger charge is 2.35. The number of amides is 1. The molecule has 0 bridgehead atoms. The number of anilines is 1. The second kappa shape index (κ2) is 12.5. The zero-order valence-corrected chi connectivity index (χ0v) is 21.3. The molecule has 0 radical (unpaired) electrons. The van der Waals surface area contributed by atoms with Crippen molar-refractivity contribution in [2.45, 2.75) is 19.8 Å². The van der Waals surface area contributed by atoms with Crippen molar-refractivity contribution in [1.29, 1.82) is 5.26 Å². The first-order chi connectivity index (χ1) is 16.8. The van der Waals surface area contributed by atoms with Crippen LogP contribution in [0.3, 0.4) is 0 Å². The van der Waals surface area contributed by atoms with Gasteiger partial charge in [-0.05, 0) is 49.2 Å². The number of carbonyl (C=O) groups excluding carboxylic acids is 2. The van der Waals surface area contributed by atoms with Crippen molar-refractivity contribution < 1.29 is 19.1 Å². The first kappa shape index (κ1) is 26.4. The number of esters is 1. The van der Waals surface area contributed by atoms with Gasteiger partial charge in [-0.2, -0.15) is 5.26 Å². The fourth-order valence-electron chi connectivity index (χ4n) is 3.64. The summed E-state index contributed by atoms with van der Waals surface area (Å²) in [6.07, 6.45) is 0. The number of hydrogen-bond donors (Lipinski definition) is 2. The summed E-state index contributed by atoms with van der Waals surface area (Å²) < 4.78 is 10.3. The minimum Gasteiger partial charge on any atom is -0.460 e. The molecule has 0 fully saturated rings. The lowest BCUT2D eigenvalue weighted by atomic mass is 9.82. The number of benzene rings is 2. The van der Waals surface area contributed by atoms with Gasteiger partial charge in [0.15, 0.2) is 0 Å². The van der Waals surface area contributed by atoms with Crippen molar-refractivity contribution in [1.82, 2.24) is 5.32 Å². The van der Waals surface area contributed by atoms with Crippen LogP contribution in [0.5, 0.6) is 0 Å². The van der Waals surface area contributed by atoms with E-state index in [1.54, 1.807) is 31.2 Å². The minimum absolute atomic E-state index is 0.0791. The Labute approximate surface area is 214 Å². The molecule has 35 heavy (non-hydrogen) atoms. The second-order valence-electron chi connectivity index (χ2n) is 7.84. The minimum atomic E-state index is -0.670. The summed E-state index contributed by atoms with van der Waals surface area (Å²) in [4.78, 5) is 25.6. The number of allylic oxidation sites excluding steroid dienone is 2. The number of dihydropyridines is 1. The largest absolute Gasteiger partial charge is 0.460 e. The van der Waals surface area contributed by atoms with Crippen molar-refractivity contribution in [3.63, 3.8) is 0 Å². The van der Waals surface area contributed by atoms with Gasteiger partial charge in [0, 0.05) is 23.5 Å². The molecule has 1 aliphatic rings. The summed E-state index contributed by atoms with van der Waals surface area (Å²) in [6.45, 7) is 4.04. The van der Waals surface area contributed by atoms with E-state index in [2.05, 4.69) is 16.7 Å². The number of nitriles is 1.